The van der Waals surface area contributed by atoms with Crippen molar-refractivity contribution < 1.29 is 36.0 Å². The van der Waals surface area contributed by atoms with E-state index in [0.29, 0.717) is 6.07 Å². The maximum atomic E-state index is 12.9. The fourth-order valence-corrected chi connectivity index (χ4v) is 3.41. The van der Waals surface area contributed by atoms with Gasteiger partial charge in [0.25, 0.3) is 5.69 Å². The Hall–Kier alpha value is -2.99. The zero-order valence-electron chi connectivity index (χ0n) is 14.1. The van der Waals surface area contributed by atoms with Crippen molar-refractivity contribution in [1.29, 1.82) is 0 Å². The summed E-state index contributed by atoms with van der Waals surface area (Å²) in [5.41, 5.74) is -1.72. The molecule has 0 spiro atoms. The molecule has 0 bridgehead atoms. The zero-order chi connectivity index (χ0) is 21.1. The number of alkyl halides is 3. The Bertz CT molecular complexity index is 990. The van der Waals surface area contributed by atoms with Gasteiger partial charge in [-0.15, -0.1) is 0 Å². The van der Waals surface area contributed by atoms with Gasteiger partial charge in [0, 0.05) is 12.1 Å². The second kappa shape index (κ2) is 7.94. The van der Waals surface area contributed by atoms with Crippen LogP contribution in [0.4, 0.5) is 18.9 Å². The first-order valence-electron chi connectivity index (χ1n) is 7.47. The van der Waals surface area contributed by atoms with Crippen LogP contribution in [0, 0.1) is 10.1 Å². The van der Waals surface area contributed by atoms with Gasteiger partial charge in [-0.1, -0.05) is 12.1 Å². The Morgan fingerprint density at radius 3 is 2.29 bits per heavy atom. The molecule has 0 saturated heterocycles. The number of sulfonamides is 1. The number of hydrogen-bond donors (Lipinski definition) is 1. The highest BCUT2D eigenvalue weighted by Gasteiger charge is 2.33. The van der Waals surface area contributed by atoms with E-state index in [2.05, 4.69) is 4.74 Å². The van der Waals surface area contributed by atoms with E-state index >= 15 is 0 Å². The number of halogens is 3. The summed E-state index contributed by atoms with van der Waals surface area (Å²) in [5, 5.41) is 10.7. The fourth-order valence-electron chi connectivity index (χ4n) is 2.23. The minimum atomic E-state index is -4.70. The number of nitrogens with one attached hydrogen (secondary N) is 1. The number of hydrogen-bond acceptors (Lipinski definition) is 6. The number of nitrogens with zero attached hydrogens (tertiary/aromatic N) is 1. The Kier molecular flexibility index (Phi) is 6.04. The predicted molar refractivity (Wildman–Crippen MR) is 89.6 cm³/mol. The van der Waals surface area contributed by atoms with E-state index in [0.717, 1.165) is 49.6 Å². The highest BCUT2D eigenvalue weighted by molar-refractivity contribution is 7.89. The van der Waals surface area contributed by atoms with Crippen LogP contribution in [0.1, 0.15) is 17.2 Å². The molecule has 2 aromatic carbocycles. The van der Waals surface area contributed by atoms with Crippen molar-refractivity contribution in [3.8, 4) is 0 Å². The van der Waals surface area contributed by atoms with Gasteiger partial charge in [-0.05, 0) is 29.8 Å². The van der Waals surface area contributed by atoms with E-state index in [1.165, 1.54) is 0 Å². The number of benzene rings is 2. The Morgan fingerprint density at radius 1 is 1.18 bits per heavy atom. The fraction of sp³-hybridized carbons (Fsp3) is 0.188. The lowest BCUT2D eigenvalue weighted by Crippen LogP contribution is -2.34. The Morgan fingerprint density at radius 2 is 1.79 bits per heavy atom. The first kappa shape index (κ1) is 21.3. The van der Waals surface area contributed by atoms with Gasteiger partial charge >= 0.3 is 12.1 Å². The number of rotatable bonds is 6. The quantitative estimate of drug-likeness (QED) is 0.438. The van der Waals surface area contributed by atoms with E-state index in [1.807, 2.05) is 4.72 Å². The third-order valence-electron chi connectivity index (χ3n) is 3.62. The Labute approximate surface area is 157 Å². The molecule has 0 aliphatic carbocycles. The molecule has 0 fully saturated rings. The van der Waals surface area contributed by atoms with Gasteiger partial charge in [-0.25, -0.2) is 13.2 Å². The lowest BCUT2D eigenvalue weighted by Gasteiger charge is -2.18. The number of esters is 1. The third-order valence-corrected chi connectivity index (χ3v) is 5.05. The first-order valence-corrected chi connectivity index (χ1v) is 8.96. The predicted octanol–water partition coefficient (Wildman–Crippen LogP) is 2.81. The van der Waals surface area contributed by atoms with Gasteiger partial charge in [0.15, 0.2) is 0 Å². The highest BCUT2D eigenvalue weighted by Crippen LogP contribution is 2.31. The minimum Gasteiger partial charge on any atom is -0.468 e. The number of carbonyl (C=O) groups excluding carboxylic acids is 1. The highest BCUT2D eigenvalue weighted by atomic mass is 32.2. The second-order valence-electron chi connectivity index (χ2n) is 5.45. The van der Waals surface area contributed by atoms with E-state index in [9.17, 15) is 36.5 Å². The molecule has 0 aliphatic heterocycles. The van der Waals surface area contributed by atoms with Crippen LogP contribution in [0.25, 0.3) is 0 Å². The van der Waals surface area contributed by atoms with Crippen LogP contribution >= 0.6 is 0 Å². The second-order valence-corrected chi connectivity index (χ2v) is 7.17. The van der Waals surface area contributed by atoms with Crippen molar-refractivity contribution >= 4 is 21.7 Å². The molecule has 0 amide bonds. The van der Waals surface area contributed by atoms with Crippen molar-refractivity contribution in [2.24, 2.45) is 0 Å². The molecule has 0 saturated carbocycles. The number of ether oxygens (including phenoxy) is 1. The van der Waals surface area contributed by atoms with Crippen LogP contribution in [0.5, 0.6) is 0 Å². The van der Waals surface area contributed by atoms with Crippen molar-refractivity contribution in [2.45, 2.75) is 17.1 Å². The molecule has 8 nitrogen and oxygen atoms in total. The number of non-ortho nitro benzene ring substituents is 1. The number of carbonyl (C=O) groups is 1. The topological polar surface area (TPSA) is 116 Å². The summed E-state index contributed by atoms with van der Waals surface area (Å²) in [6, 6.07) is 5.53. The molecule has 1 N–H and O–H groups in total. The molecule has 0 aromatic heterocycles. The first-order chi connectivity index (χ1) is 13.0. The molecule has 0 unspecified atom stereocenters. The summed E-state index contributed by atoms with van der Waals surface area (Å²) in [4.78, 5) is 21.5. The van der Waals surface area contributed by atoms with Crippen molar-refractivity contribution in [1.82, 2.24) is 4.72 Å². The molecular formula is C16H13F3N2O6S. The maximum Gasteiger partial charge on any atom is 0.416 e. The summed E-state index contributed by atoms with van der Waals surface area (Å²) < 4.78 is 70.2. The van der Waals surface area contributed by atoms with Crippen LogP contribution in [0.15, 0.2) is 53.4 Å². The van der Waals surface area contributed by atoms with Crippen LogP contribution in [0.3, 0.4) is 0 Å². The van der Waals surface area contributed by atoms with Gasteiger partial charge in [0.05, 0.1) is 22.5 Å². The molecule has 28 heavy (non-hydrogen) atoms. The molecule has 150 valence electrons. The van der Waals surface area contributed by atoms with Crippen LogP contribution < -0.4 is 4.72 Å². The van der Waals surface area contributed by atoms with Gasteiger partial charge in [0.2, 0.25) is 10.0 Å². The van der Waals surface area contributed by atoms with Crippen LogP contribution in [-0.4, -0.2) is 26.4 Å². The van der Waals surface area contributed by atoms with Crippen molar-refractivity contribution in [3.05, 3.63) is 69.8 Å². The van der Waals surface area contributed by atoms with Gasteiger partial charge in [-0.2, -0.15) is 17.9 Å². The molecular weight excluding hydrogens is 405 g/mol. The lowest BCUT2D eigenvalue weighted by molar-refractivity contribution is -0.384. The number of methoxy groups -OCH3 is 1. The number of nitro groups is 1. The molecule has 12 heteroatoms. The van der Waals surface area contributed by atoms with Gasteiger partial charge in [-0.3, -0.25) is 10.1 Å². The third kappa shape index (κ3) is 4.84. The van der Waals surface area contributed by atoms with E-state index in [1.54, 1.807) is 0 Å². The van der Waals surface area contributed by atoms with E-state index < -0.39 is 43.6 Å². The van der Waals surface area contributed by atoms with Crippen molar-refractivity contribution in [3.63, 3.8) is 0 Å². The van der Waals surface area contributed by atoms with E-state index in [-0.39, 0.29) is 11.3 Å². The Balaban J connectivity index is 2.42. The molecule has 0 aliphatic rings. The summed E-state index contributed by atoms with van der Waals surface area (Å²) in [7, 11) is -3.46. The minimum absolute atomic E-state index is 0.285. The largest absolute Gasteiger partial charge is 0.468 e. The standard InChI is InChI=1S/C16H13F3N2O6S/c1-27-15(22)14(10-3-2-4-11(9-10)16(17,18)19)20-28(25,26)13-7-5-12(6-8-13)21(23)24/h2-9,14,20H,1H3/t14-/m1/s1. The summed E-state index contributed by atoms with van der Waals surface area (Å²) in [5.74, 6) is -1.13. The maximum absolute atomic E-state index is 12.9. The molecule has 0 radical (unpaired) electrons. The van der Waals surface area contributed by atoms with Gasteiger partial charge < -0.3 is 4.74 Å². The van der Waals surface area contributed by atoms with Crippen LogP contribution in [-0.2, 0) is 25.7 Å². The molecule has 1 atom stereocenters. The SMILES string of the molecule is COC(=O)[C@H](NS(=O)(=O)c1ccc([N+](=O)[O-])cc1)c1cccc(C(F)(F)F)c1. The lowest BCUT2D eigenvalue weighted by atomic mass is 10.0. The molecule has 2 rings (SSSR count). The smallest absolute Gasteiger partial charge is 0.416 e. The normalized spacial score (nSPS) is 13.0. The summed E-state index contributed by atoms with van der Waals surface area (Å²) >= 11 is 0. The monoisotopic (exact) mass is 418 g/mol. The van der Waals surface area contributed by atoms with Gasteiger partial charge in [0.1, 0.15) is 6.04 Å². The summed E-state index contributed by atoms with van der Waals surface area (Å²) in [6.07, 6.45) is -4.70. The molecule has 2 aromatic rings. The summed E-state index contributed by atoms with van der Waals surface area (Å²) in [6.45, 7) is 0. The van der Waals surface area contributed by atoms with Crippen molar-refractivity contribution in [2.75, 3.05) is 7.11 Å². The number of nitro benzene ring substituents is 1. The van der Waals surface area contributed by atoms with Crippen LogP contribution in [0.2, 0.25) is 0 Å². The molecule has 0 heterocycles. The average molecular weight is 418 g/mol. The zero-order valence-corrected chi connectivity index (χ0v) is 15.0. The average Bonchev–Trinajstić information content (AvgIpc) is 2.65. The van der Waals surface area contributed by atoms with E-state index in [4.69, 9.17) is 0 Å².